The van der Waals surface area contributed by atoms with Crippen molar-refractivity contribution in [1.29, 1.82) is 0 Å². The number of carbonyl (C=O) groups excluding carboxylic acids is 1. The zero-order valence-electron chi connectivity index (χ0n) is 16.9. The minimum absolute atomic E-state index is 0.0683. The van der Waals surface area contributed by atoms with Crippen molar-refractivity contribution in [2.75, 3.05) is 31.6 Å². The van der Waals surface area contributed by atoms with Crippen LogP contribution in [0.3, 0.4) is 0 Å². The van der Waals surface area contributed by atoms with Crippen LogP contribution in [0.15, 0.2) is 42.5 Å². The number of rotatable bonds is 6. The topological polar surface area (TPSA) is 60.0 Å². The molecule has 1 N–H and O–H groups in total. The van der Waals surface area contributed by atoms with Crippen LogP contribution in [0.1, 0.15) is 17.3 Å². The lowest BCUT2D eigenvalue weighted by molar-refractivity contribution is -0.274. The van der Waals surface area contributed by atoms with Gasteiger partial charge in [0.1, 0.15) is 24.3 Å². The number of hydrogen-bond donors (Lipinski definition) is 1. The fourth-order valence-electron chi connectivity index (χ4n) is 3.07. The zero-order valence-corrected chi connectivity index (χ0v) is 17.8. The number of morpholine rings is 1. The van der Waals surface area contributed by atoms with Gasteiger partial charge in [-0.25, -0.2) is 4.39 Å². The summed E-state index contributed by atoms with van der Waals surface area (Å²) >= 11 is 5.35. The molecule has 1 aliphatic heterocycles. The molecular formula is C21H20F4N2O4S. The van der Waals surface area contributed by atoms with Gasteiger partial charge in [-0.1, -0.05) is 12.1 Å². The molecule has 0 aromatic heterocycles. The number of anilines is 1. The van der Waals surface area contributed by atoms with Gasteiger partial charge < -0.3 is 24.4 Å². The first-order valence-corrected chi connectivity index (χ1v) is 9.99. The zero-order chi connectivity index (χ0) is 23.3. The highest BCUT2D eigenvalue weighted by molar-refractivity contribution is 7.80. The first kappa shape index (κ1) is 23.7. The molecule has 6 nitrogen and oxygen atoms in total. The molecule has 0 aliphatic carbocycles. The largest absolute Gasteiger partial charge is 0.573 e. The Bertz CT molecular complexity index is 987. The second-order valence-corrected chi connectivity index (χ2v) is 7.31. The van der Waals surface area contributed by atoms with Crippen molar-refractivity contribution in [3.8, 4) is 11.5 Å². The number of nitrogens with zero attached hydrogens (tertiary/aromatic N) is 1. The van der Waals surface area contributed by atoms with E-state index in [0.717, 1.165) is 6.07 Å². The van der Waals surface area contributed by atoms with E-state index in [4.69, 9.17) is 21.7 Å². The number of ketones is 1. The average molecular weight is 472 g/mol. The van der Waals surface area contributed by atoms with E-state index in [9.17, 15) is 22.4 Å². The third-order valence-corrected chi connectivity index (χ3v) is 4.89. The number of hydrogen-bond acceptors (Lipinski definition) is 5. The molecule has 3 rings (SSSR count). The van der Waals surface area contributed by atoms with Gasteiger partial charge in [-0.15, -0.1) is 13.2 Å². The first-order valence-electron chi connectivity index (χ1n) is 9.58. The Morgan fingerprint density at radius 2 is 2.00 bits per heavy atom. The maximum atomic E-state index is 13.4. The molecule has 172 valence electrons. The second-order valence-electron chi connectivity index (χ2n) is 6.92. The maximum Gasteiger partial charge on any atom is 0.573 e. The number of thiocarbonyl (C=S) groups is 1. The molecule has 0 bridgehead atoms. The van der Waals surface area contributed by atoms with E-state index in [1.54, 1.807) is 11.0 Å². The van der Waals surface area contributed by atoms with Crippen molar-refractivity contribution in [2.45, 2.75) is 19.4 Å². The van der Waals surface area contributed by atoms with Crippen LogP contribution in [0.4, 0.5) is 23.2 Å². The molecule has 0 radical (unpaired) electrons. The van der Waals surface area contributed by atoms with E-state index >= 15 is 0 Å². The van der Waals surface area contributed by atoms with Crippen LogP contribution >= 0.6 is 12.2 Å². The fourth-order valence-corrected chi connectivity index (χ4v) is 3.34. The van der Waals surface area contributed by atoms with E-state index in [1.165, 1.54) is 37.3 Å². The SMILES string of the molecule is CC(=O)c1cc(F)ccc1OCC1CN(C(=S)Nc2ccccc2OC(F)(F)F)CCO1. The summed E-state index contributed by atoms with van der Waals surface area (Å²) in [5.41, 5.74) is 0.197. The summed E-state index contributed by atoms with van der Waals surface area (Å²) < 4.78 is 66.6. The van der Waals surface area contributed by atoms with Crippen LogP contribution in [-0.4, -0.2) is 54.6 Å². The van der Waals surface area contributed by atoms with Crippen molar-refractivity contribution in [3.05, 3.63) is 53.8 Å². The van der Waals surface area contributed by atoms with Crippen LogP contribution in [0.5, 0.6) is 11.5 Å². The second kappa shape index (κ2) is 10.1. The molecule has 32 heavy (non-hydrogen) atoms. The van der Waals surface area contributed by atoms with Gasteiger partial charge in [0.15, 0.2) is 16.6 Å². The lowest BCUT2D eigenvalue weighted by atomic mass is 10.1. The number of nitrogens with one attached hydrogen (secondary N) is 1. The van der Waals surface area contributed by atoms with E-state index in [0.29, 0.717) is 19.7 Å². The summed E-state index contributed by atoms with van der Waals surface area (Å²) in [7, 11) is 0. The Kier molecular flexibility index (Phi) is 7.52. The van der Waals surface area contributed by atoms with E-state index in [1.807, 2.05) is 0 Å². The predicted molar refractivity (Wildman–Crippen MR) is 113 cm³/mol. The Morgan fingerprint density at radius 1 is 1.25 bits per heavy atom. The minimum Gasteiger partial charge on any atom is -0.490 e. The summed E-state index contributed by atoms with van der Waals surface area (Å²) in [6.45, 7) is 2.40. The normalized spacial score (nSPS) is 16.4. The summed E-state index contributed by atoms with van der Waals surface area (Å²) in [4.78, 5) is 13.4. The average Bonchev–Trinajstić information content (AvgIpc) is 2.73. The summed E-state index contributed by atoms with van der Waals surface area (Å²) in [5.74, 6) is -1.05. The Labute approximate surface area is 187 Å². The lowest BCUT2D eigenvalue weighted by Gasteiger charge is -2.34. The summed E-state index contributed by atoms with van der Waals surface area (Å²) in [6, 6.07) is 9.24. The molecule has 0 saturated carbocycles. The van der Waals surface area contributed by atoms with Gasteiger partial charge in [-0.2, -0.15) is 0 Å². The van der Waals surface area contributed by atoms with Crippen molar-refractivity contribution < 1.29 is 36.6 Å². The van der Waals surface area contributed by atoms with Crippen molar-refractivity contribution in [1.82, 2.24) is 4.90 Å². The molecule has 11 heteroatoms. The molecule has 2 aromatic carbocycles. The molecule has 1 atom stereocenters. The van der Waals surface area contributed by atoms with Crippen LogP contribution < -0.4 is 14.8 Å². The molecule has 1 heterocycles. The van der Waals surface area contributed by atoms with Crippen LogP contribution in [0.2, 0.25) is 0 Å². The summed E-state index contributed by atoms with van der Waals surface area (Å²) in [6.07, 6.45) is -5.27. The number of halogens is 4. The van der Waals surface area contributed by atoms with Crippen molar-refractivity contribution in [3.63, 3.8) is 0 Å². The number of benzene rings is 2. The number of carbonyl (C=O) groups is 1. The highest BCUT2D eigenvalue weighted by Gasteiger charge is 2.32. The van der Waals surface area contributed by atoms with E-state index in [-0.39, 0.29) is 34.5 Å². The molecule has 1 unspecified atom stereocenters. The quantitative estimate of drug-likeness (QED) is 0.380. The molecule has 0 spiro atoms. The fraction of sp³-hybridized carbons (Fsp3) is 0.333. The van der Waals surface area contributed by atoms with Crippen LogP contribution in [-0.2, 0) is 4.74 Å². The standard InChI is InChI=1S/C21H20F4N2O4S/c1-13(28)16-10-14(22)6-7-18(16)30-12-15-11-27(8-9-29-15)20(32)26-17-4-2-3-5-19(17)31-21(23,24)25/h2-7,10,15H,8-9,11-12H2,1H3,(H,26,32). The first-order chi connectivity index (χ1) is 15.1. The molecule has 1 saturated heterocycles. The third kappa shape index (κ3) is 6.54. The van der Waals surface area contributed by atoms with Gasteiger partial charge in [0.25, 0.3) is 0 Å². The van der Waals surface area contributed by atoms with Gasteiger partial charge in [0.2, 0.25) is 0 Å². The van der Waals surface area contributed by atoms with Crippen molar-refractivity contribution >= 4 is 28.8 Å². The molecular weight excluding hydrogens is 452 g/mol. The van der Waals surface area contributed by atoms with Gasteiger partial charge in [-0.05, 0) is 49.5 Å². The number of para-hydroxylation sites is 2. The van der Waals surface area contributed by atoms with Gasteiger partial charge >= 0.3 is 6.36 Å². The van der Waals surface area contributed by atoms with E-state index < -0.39 is 24.0 Å². The van der Waals surface area contributed by atoms with Gasteiger partial charge in [0, 0.05) is 13.1 Å². The Hall–Kier alpha value is -2.92. The van der Waals surface area contributed by atoms with Crippen molar-refractivity contribution in [2.24, 2.45) is 0 Å². The Morgan fingerprint density at radius 3 is 2.72 bits per heavy atom. The predicted octanol–water partition coefficient (Wildman–Crippen LogP) is 4.40. The highest BCUT2D eigenvalue weighted by atomic mass is 32.1. The van der Waals surface area contributed by atoms with Crippen LogP contribution in [0.25, 0.3) is 0 Å². The Balaban J connectivity index is 1.61. The molecule has 0 amide bonds. The maximum absolute atomic E-state index is 13.4. The molecule has 1 aliphatic rings. The third-order valence-electron chi connectivity index (χ3n) is 4.53. The minimum atomic E-state index is -4.83. The summed E-state index contributed by atoms with van der Waals surface area (Å²) in [5, 5.41) is 2.97. The number of alkyl halides is 3. The smallest absolute Gasteiger partial charge is 0.490 e. The van der Waals surface area contributed by atoms with Gasteiger partial charge in [0.05, 0.1) is 17.9 Å². The van der Waals surface area contributed by atoms with Crippen LogP contribution in [0, 0.1) is 5.82 Å². The number of Topliss-reactive ketones (excluding diaryl/α,β-unsaturated/α-hetero) is 1. The van der Waals surface area contributed by atoms with Gasteiger partial charge in [-0.3, -0.25) is 4.79 Å². The molecule has 1 fully saturated rings. The number of ether oxygens (including phenoxy) is 3. The van der Waals surface area contributed by atoms with E-state index in [2.05, 4.69) is 10.1 Å². The lowest BCUT2D eigenvalue weighted by Crippen LogP contribution is -2.49. The monoisotopic (exact) mass is 472 g/mol. The molecule has 2 aromatic rings. The highest BCUT2D eigenvalue weighted by Crippen LogP contribution is 2.30.